The summed E-state index contributed by atoms with van der Waals surface area (Å²) in [4.78, 5) is 18.2. The fraction of sp³-hybridized carbons (Fsp3) is 0.571. The molecule has 0 fully saturated rings. The molecule has 5 heteroatoms. The molecule has 0 atom stereocenters. The Morgan fingerprint density at radius 1 is 1.50 bits per heavy atom. The molecule has 0 saturated heterocycles. The van der Waals surface area contributed by atoms with Crippen LogP contribution in [0.5, 0.6) is 0 Å². The predicted octanol–water partition coefficient (Wildman–Crippen LogP) is 0.539. The van der Waals surface area contributed by atoms with Crippen molar-refractivity contribution in [1.29, 1.82) is 0 Å². The second-order valence-corrected chi connectivity index (χ2v) is 2.64. The number of hydrogen-bond donors (Lipinski definition) is 0. The Balaban J connectivity index is -0.000000249. The molecule has 72 valence electrons. The third-order valence-corrected chi connectivity index (χ3v) is 1.69. The minimum absolute atomic E-state index is 0. The van der Waals surface area contributed by atoms with Gasteiger partial charge in [-0.2, -0.15) is 0 Å². The standard InChI is InChI=1S/C5H10O3Si.CH2O.CH4/c1-4-7-9(3)8-5(2)6;1-2;/h3-4H2,1-2H3;1H2;1H4. The van der Waals surface area contributed by atoms with Gasteiger partial charge in [-0.3, -0.25) is 4.79 Å². The smallest absolute Gasteiger partial charge is 0.479 e. The molecule has 0 bridgehead atoms. The van der Waals surface area contributed by atoms with Gasteiger partial charge in [0, 0.05) is 6.92 Å². The fourth-order valence-corrected chi connectivity index (χ4v) is 1.05. The van der Waals surface area contributed by atoms with Gasteiger partial charge in [-0.1, -0.05) is 7.43 Å². The van der Waals surface area contributed by atoms with Crippen LogP contribution in [0.1, 0.15) is 21.3 Å². The summed E-state index contributed by atoms with van der Waals surface area (Å²) in [5.41, 5.74) is 0. The SMILES string of the molecule is C.C=O.C=[Si](OCC)OC(C)=O. The highest BCUT2D eigenvalue weighted by Crippen LogP contribution is 1.78. The Morgan fingerprint density at radius 3 is 2.17 bits per heavy atom. The maximum absolute atomic E-state index is 10.2. The molecule has 0 spiro atoms. The topological polar surface area (TPSA) is 52.6 Å². The van der Waals surface area contributed by atoms with Crippen LogP contribution in [0.4, 0.5) is 0 Å². The predicted molar refractivity (Wildman–Crippen MR) is 50.1 cm³/mol. The second kappa shape index (κ2) is 12.7. The van der Waals surface area contributed by atoms with Crippen LogP contribution in [0.25, 0.3) is 0 Å². The Labute approximate surface area is 75.0 Å². The molecule has 12 heavy (non-hydrogen) atoms. The molecule has 0 aliphatic rings. The Bertz CT molecular complexity index is 135. The first kappa shape index (κ1) is 17.2. The van der Waals surface area contributed by atoms with Crippen LogP contribution in [0.2, 0.25) is 0 Å². The highest BCUT2D eigenvalue weighted by Gasteiger charge is 1.99. The zero-order valence-electron chi connectivity index (χ0n) is 6.75. The van der Waals surface area contributed by atoms with Crippen LogP contribution >= 0.6 is 0 Å². The molecule has 0 aliphatic heterocycles. The fourth-order valence-electron chi connectivity index (χ4n) is 0.351. The van der Waals surface area contributed by atoms with Gasteiger partial charge < -0.3 is 13.6 Å². The third kappa shape index (κ3) is 16.0. The molecule has 0 heterocycles. The molecule has 0 unspecified atom stereocenters. The van der Waals surface area contributed by atoms with Crippen molar-refractivity contribution in [2.24, 2.45) is 0 Å². The summed E-state index contributed by atoms with van der Waals surface area (Å²) >= 11 is 0. The van der Waals surface area contributed by atoms with Crippen molar-refractivity contribution < 1.29 is 18.4 Å². The zero-order valence-corrected chi connectivity index (χ0v) is 7.75. The average Bonchev–Trinajstić information content (AvgIpc) is 1.91. The van der Waals surface area contributed by atoms with E-state index in [0.717, 1.165) is 0 Å². The first-order chi connectivity index (χ1) is 5.16. The van der Waals surface area contributed by atoms with E-state index in [-0.39, 0.29) is 13.4 Å². The van der Waals surface area contributed by atoms with Gasteiger partial charge in [-0.25, -0.2) is 0 Å². The van der Waals surface area contributed by atoms with E-state index in [1.54, 1.807) is 0 Å². The van der Waals surface area contributed by atoms with Gasteiger partial charge in [0.2, 0.25) is 0 Å². The lowest BCUT2D eigenvalue weighted by Gasteiger charge is -2.02. The average molecular weight is 192 g/mol. The lowest BCUT2D eigenvalue weighted by molar-refractivity contribution is -0.132. The largest absolute Gasteiger partial charge is 0.524 e. The van der Waals surface area contributed by atoms with Crippen molar-refractivity contribution in [2.45, 2.75) is 21.3 Å². The van der Waals surface area contributed by atoms with E-state index in [2.05, 4.69) is 10.6 Å². The van der Waals surface area contributed by atoms with Crippen molar-refractivity contribution in [3.8, 4) is 0 Å². The van der Waals surface area contributed by atoms with Gasteiger partial charge in [-0.15, -0.1) is 0 Å². The maximum Gasteiger partial charge on any atom is 0.479 e. The quantitative estimate of drug-likeness (QED) is 0.612. The maximum atomic E-state index is 10.2. The van der Waals surface area contributed by atoms with Gasteiger partial charge >= 0.3 is 8.90 Å². The van der Waals surface area contributed by atoms with E-state index in [9.17, 15) is 4.79 Å². The van der Waals surface area contributed by atoms with Crippen LogP contribution in [-0.2, 0) is 18.4 Å². The summed E-state index contributed by atoms with van der Waals surface area (Å²) in [6.45, 7) is 5.72. The molecule has 0 radical (unpaired) electrons. The summed E-state index contributed by atoms with van der Waals surface area (Å²) in [5, 5.41) is 0. The van der Waals surface area contributed by atoms with Gasteiger partial charge in [0.15, 0.2) is 0 Å². The van der Waals surface area contributed by atoms with E-state index in [4.69, 9.17) is 9.22 Å². The molecule has 0 aromatic rings. The number of rotatable bonds is 3. The summed E-state index contributed by atoms with van der Waals surface area (Å²) in [5.74, 6) is -0.327. The third-order valence-electron chi connectivity index (χ3n) is 0.563. The molecular weight excluding hydrogens is 176 g/mol. The minimum Gasteiger partial charge on any atom is -0.524 e. The monoisotopic (exact) mass is 192 g/mol. The highest BCUT2D eigenvalue weighted by atomic mass is 28.3. The van der Waals surface area contributed by atoms with E-state index in [1.165, 1.54) is 6.92 Å². The molecule has 0 aliphatic carbocycles. The summed E-state index contributed by atoms with van der Waals surface area (Å²) in [7, 11) is -1.54. The lowest BCUT2D eigenvalue weighted by Crippen LogP contribution is -2.15. The summed E-state index contributed by atoms with van der Waals surface area (Å²) in [6, 6.07) is 0. The van der Waals surface area contributed by atoms with Crippen molar-refractivity contribution in [3.05, 3.63) is 0 Å². The van der Waals surface area contributed by atoms with Gasteiger partial charge in [0.1, 0.15) is 6.79 Å². The number of carbonyl (C=O) groups is 2. The molecule has 0 aromatic carbocycles. The van der Waals surface area contributed by atoms with Gasteiger partial charge in [0.25, 0.3) is 5.97 Å². The summed E-state index contributed by atoms with van der Waals surface area (Å²) in [6.07, 6.45) is 3.50. The van der Waals surface area contributed by atoms with Gasteiger partial charge in [-0.05, 0) is 13.1 Å². The van der Waals surface area contributed by atoms with Crippen molar-refractivity contribution in [1.82, 2.24) is 0 Å². The first-order valence-electron chi connectivity index (χ1n) is 2.95. The number of carbonyl (C=O) groups excluding carboxylic acids is 2. The van der Waals surface area contributed by atoms with E-state index in [0.29, 0.717) is 6.61 Å². The van der Waals surface area contributed by atoms with Crippen molar-refractivity contribution >= 4 is 27.8 Å². The lowest BCUT2D eigenvalue weighted by atomic mass is 10.9. The Kier molecular flexibility index (Phi) is 18.2. The van der Waals surface area contributed by atoms with Gasteiger partial charge in [0.05, 0.1) is 6.61 Å². The van der Waals surface area contributed by atoms with Crippen molar-refractivity contribution in [3.63, 3.8) is 0 Å². The van der Waals surface area contributed by atoms with Crippen LogP contribution in [0, 0.1) is 0 Å². The minimum atomic E-state index is -1.54. The molecule has 0 aromatic heterocycles. The normalized spacial score (nSPS) is 6.50. The highest BCUT2D eigenvalue weighted by molar-refractivity contribution is 6.50. The van der Waals surface area contributed by atoms with Crippen LogP contribution in [-0.4, -0.2) is 34.4 Å². The molecule has 4 nitrogen and oxygen atoms in total. The molecule has 0 saturated carbocycles. The van der Waals surface area contributed by atoms with E-state index in [1.807, 2.05) is 13.7 Å². The first-order valence-corrected chi connectivity index (χ1v) is 4.48. The molecule has 0 N–H and O–H groups in total. The van der Waals surface area contributed by atoms with E-state index < -0.39 is 8.90 Å². The van der Waals surface area contributed by atoms with Crippen LogP contribution < -0.4 is 0 Å². The second-order valence-electron chi connectivity index (χ2n) is 1.40. The Hall–Kier alpha value is -0.973. The molecular formula is C7H16O4Si. The zero-order chi connectivity index (χ0) is 9.28. The Morgan fingerprint density at radius 2 is 1.92 bits per heavy atom. The molecule has 0 rings (SSSR count). The van der Waals surface area contributed by atoms with Crippen molar-refractivity contribution in [2.75, 3.05) is 6.61 Å². The number of hydrogen-bond acceptors (Lipinski definition) is 4. The van der Waals surface area contributed by atoms with E-state index >= 15 is 0 Å². The van der Waals surface area contributed by atoms with Crippen LogP contribution in [0.15, 0.2) is 0 Å². The van der Waals surface area contributed by atoms with Crippen LogP contribution in [0.3, 0.4) is 0 Å². The molecule has 0 amide bonds. The summed E-state index contributed by atoms with van der Waals surface area (Å²) < 4.78 is 9.52.